The molecule has 34 heavy (non-hydrogen) atoms. The van der Waals surface area contributed by atoms with Gasteiger partial charge in [0, 0.05) is 18.1 Å². The van der Waals surface area contributed by atoms with E-state index in [0.29, 0.717) is 22.2 Å². The van der Waals surface area contributed by atoms with Crippen molar-refractivity contribution in [3.63, 3.8) is 0 Å². The highest BCUT2D eigenvalue weighted by molar-refractivity contribution is 7.92. The molecule has 186 valence electrons. The van der Waals surface area contributed by atoms with Crippen molar-refractivity contribution in [2.24, 2.45) is 0 Å². The second-order valence-electron chi connectivity index (χ2n) is 7.43. The number of hydrogen-bond donors (Lipinski definition) is 1. The molecule has 2 amide bonds. The molecule has 2 aromatic carbocycles. The number of likely N-dealkylation sites (N-methyl/N-ethyl adjacent to an activating group) is 1. The van der Waals surface area contributed by atoms with Crippen molar-refractivity contribution in [2.75, 3.05) is 30.8 Å². The van der Waals surface area contributed by atoms with Gasteiger partial charge in [-0.3, -0.25) is 13.9 Å². The van der Waals surface area contributed by atoms with Crippen LogP contribution in [0.1, 0.15) is 19.4 Å². The van der Waals surface area contributed by atoms with Crippen LogP contribution < -0.4 is 14.4 Å². The number of carbonyl (C=O) groups excluding carboxylic acids is 2. The lowest BCUT2D eigenvalue weighted by molar-refractivity contribution is -0.139. The van der Waals surface area contributed by atoms with Crippen molar-refractivity contribution in [3.8, 4) is 5.75 Å². The average molecular weight is 551 g/mol. The van der Waals surface area contributed by atoms with E-state index in [0.717, 1.165) is 10.6 Å². The lowest BCUT2D eigenvalue weighted by Crippen LogP contribution is -2.51. The van der Waals surface area contributed by atoms with Crippen LogP contribution in [0.25, 0.3) is 0 Å². The summed E-state index contributed by atoms with van der Waals surface area (Å²) in [6.07, 6.45) is 0.969. The number of hydrogen-bond acceptors (Lipinski definition) is 5. The smallest absolute Gasteiger partial charge is 0.244 e. The van der Waals surface area contributed by atoms with Gasteiger partial charge in [0.1, 0.15) is 18.3 Å². The summed E-state index contributed by atoms with van der Waals surface area (Å²) in [6, 6.07) is 8.38. The molecule has 0 fully saturated rings. The third-order valence-corrected chi connectivity index (χ3v) is 7.04. The van der Waals surface area contributed by atoms with E-state index >= 15 is 0 Å². The predicted molar refractivity (Wildman–Crippen MR) is 135 cm³/mol. The molecule has 0 aliphatic carbocycles. The molecule has 0 saturated heterocycles. The second-order valence-corrected chi connectivity index (χ2v) is 10.6. The molecule has 0 heterocycles. The zero-order chi connectivity index (χ0) is 25.6. The van der Waals surface area contributed by atoms with Crippen LogP contribution >= 0.6 is 34.8 Å². The minimum absolute atomic E-state index is 0.00168. The monoisotopic (exact) mass is 549 g/mol. The Hall–Kier alpha value is -2.20. The maximum atomic E-state index is 13.5. The van der Waals surface area contributed by atoms with E-state index in [1.807, 2.05) is 0 Å². The summed E-state index contributed by atoms with van der Waals surface area (Å²) < 4.78 is 31.5. The molecule has 2 rings (SSSR count). The molecule has 0 saturated carbocycles. The van der Waals surface area contributed by atoms with Crippen LogP contribution in [0.15, 0.2) is 36.4 Å². The van der Waals surface area contributed by atoms with Crippen LogP contribution in [-0.4, -0.2) is 57.6 Å². The van der Waals surface area contributed by atoms with Crippen LogP contribution in [0.4, 0.5) is 5.69 Å². The number of amides is 2. The van der Waals surface area contributed by atoms with E-state index in [9.17, 15) is 18.0 Å². The first kappa shape index (κ1) is 28.0. The third kappa shape index (κ3) is 7.15. The Kier molecular flexibility index (Phi) is 9.87. The van der Waals surface area contributed by atoms with Crippen LogP contribution in [-0.2, 0) is 26.2 Å². The molecule has 12 heteroatoms. The fourth-order valence-electron chi connectivity index (χ4n) is 3.19. The fourth-order valence-corrected chi connectivity index (χ4v) is 4.52. The molecule has 1 atom stereocenters. The van der Waals surface area contributed by atoms with Crippen molar-refractivity contribution in [1.29, 1.82) is 0 Å². The highest BCUT2D eigenvalue weighted by Crippen LogP contribution is 2.33. The predicted octanol–water partition coefficient (Wildman–Crippen LogP) is 3.97. The first-order valence-electron chi connectivity index (χ1n) is 10.2. The number of rotatable bonds is 10. The van der Waals surface area contributed by atoms with Gasteiger partial charge in [-0.15, -0.1) is 0 Å². The first-order valence-corrected chi connectivity index (χ1v) is 13.2. The topological polar surface area (TPSA) is 96.0 Å². The number of sulfonamides is 1. The summed E-state index contributed by atoms with van der Waals surface area (Å²) in [5.41, 5.74) is 0.719. The maximum Gasteiger partial charge on any atom is 0.244 e. The summed E-state index contributed by atoms with van der Waals surface area (Å²) >= 11 is 18.2. The zero-order valence-corrected chi connectivity index (χ0v) is 22.2. The molecule has 0 spiro atoms. The Labute approximate surface area is 214 Å². The lowest BCUT2D eigenvalue weighted by Gasteiger charge is -2.31. The summed E-state index contributed by atoms with van der Waals surface area (Å²) in [7, 11) is -2.55. The van der Waals surface area contributed by atoms with Crippen LogP contribution in [0.5, 0.6) is 5.75 Å². The standard InChI is InChI=1S/C22H26Cl3N3O5S/c1-5-26-22(30)14(2)27(12-15-6-8-17(24)18(25)10-15)21(29)13-28(34(4,31)32)19-11-16(23)7-9-20(19)33-3/h6-11,14H,5,12-13H2,1-4H3,(H,26,30). The molecule has 1 N–H and O–H groups in total. The number of halogens is 3. The largest absolute Gasteiger partial charge is 0.495 e. The molecular formula is C22H26Cl3N3O5S. The number of ether oxygens (including phenoxy) is 1. The summed E-state index contributed by atoms with van der Waals surface area (Å²) in [5.74, 6) is -0.783. The van der Waals surface area contributed by atoms with Crippen molar-refractivity contribution >= 4 is 62.3 Å². The number of carbonyl (C=O) groups is 2. The summed E-state index contributed by atoms with van der Waals surface area (Å²) in [4.78, 5) is 27.3. The SMILES string of the molecule is CCNC(=O)C(C)N(Cc1ccc(Cl)c(Cl)c1)C(=O)CN(c1cc(Cl)ccc1OC)S(C)(=O)=O. The molecule has 0 radical (unpaired) electrons. The molecule has 0 aliphatic heterocycles. The van der Waals surface area contributed by atoms with Gasteiger partial charge < -0.3 is 15.0 Å². The van der Waals surface area contributed by atoms with Crippen molar-refractivity contribution in [3.05, 3.63) is 57.0 Å². The van der Waals surface area contributed by atoms with Gasteiger partial charge in [-0.25, -0.2) is 8.42 Å². The Morgan fingerprint density at radius 3 is 2.32 bits per heavy atom. The second kappa shape index (κ2) is 12.0. The van der Waals surface area contributed by atoms with E-state index in [-0.39, 0.29) is 28.9 Å². The van der Waals surface area contributed by atoms with Crippen LogP contribution in [0.2, 0.25) is 15.1 Å². The van der Waals surface area contributed by atoms with E-state index in [1.165, 1.54) is 24.1 Å². The van der Waals surface area contributed by atoms with Gasteiger partial charge in [0.15, 0.2) is 0 Å². The van der Waals surface area contributed by atoms with Gasteiger partial charge in [0.05, 0.1) is 29.1 Å². The van der Waals surface area contributed by atoms with Crippen molar-refractivity contribution in [1.82, 2.24) is 10.2 Å². The fraction of sp³-hybridized carbons (Fsp3) is 0.364. The number of nitrogens with zero attached hydrogens (tertiary/aromatic N) is 2. The average Bonchev–Trinajstić information content (AvgIpc) is 2.76. The van der Waals surface area contributed by atoms with Gasteiger partial charge in [-0.2, -0.15) is 0 Å². The molecule has 8 nitrogen and oxygen atoms in total. The highest BCUT2D eigenvalue weighted by Gasteiger charge is 2.31. The number of anilines is 1. The van der Waals surface area contributed by atoms with Gasteiger partial charge >= 0.3 is 0 Å². The highest BCUT2D eigenvalue weighted by atomic mass is 35.5. The number of benzene rings is 2. The molecule has 2 aromatic rings. The lowest BCUT2D eigenvalue weighted by atomic mass is 10.1. The minimum atomic E-state index is -3.93. The summed E-state index contributed by atoms with van der Waals surface area (Å²) in [6.45, 7) is 3.10. The third-order valence-electron chi connectivity index (χ3n) is 4.94. The quantitative estimate of drug-likeness (QED) is 0.483. The maximum absolute atomic E-state index is 13.5. The van der Waals surface area contributed by atoms with E-state index in [1.54, 1.807) is 38.1 Å². The van der Waals surface area contributed by atoms with E-state index in [2.05, 4.69) is 5.32 Å². The number of nitrogens with one attached hydrogen (secondary N) is 1. The van der Waals surface area contributed by atoms with E-state index in [4.69, 9.17) is 39.5 Å². The molecule has 0 bridgehead atoms. The van der Waals surface area contributed by atoms with Gasteiger partial charge in [0.25, 0.3) is 0 Å². The Bertz CT molecular complexity index is 1160. The molecule has 1 unspecified atom stereocenters. The van der Waals surface area contributed by atoms with E-state index < -0.39 is 28.5 Å². The molecular weight excluding hydrogens is 525 g/mol. The van der Waals surface area contributed by atoms with Crippen molar-refractivity contribution < 1.29 is 22.7 Å². The van der Waals surface area contributed by atoms with Gasteiger partial charge in [-0.05, 0) is 49.7 Å². The normalized spacial score (nSPS) is 12.1. The van der Waals surface area contributed by atoms with Crippen LogP contribution in [0, 0.1) is 0 Å². The van der Waals surface area contributed by atoms with Gasteiger partial charge in [-0.1, -0.05) is 40.9 Å². The van der Waals surface area contributed by atoms with Gasteiger partial charge in [0.2, 0.25) is 21.8 Å². The molecule has 0 aliphatic rings. The minimum Gasteiger partial charge on any atom is -0.495 e. The van der Waals surface area contributed by atoms with Crippen LogP contribution in [0.3, 0.4) is 0 Å². The first-order chi connectivity index (χ1) is 15.9. The Morgan fingerprint density at radius 2 is 1.76 bits per heavy atom. The summed E-state index contributed by atoms with van der Waals surface area (Å²) in [5, 5.41) is 3.58. The molecule has 0 aromatic heterocycles. The Morgan fingerprint density at radius 1 is 1.09 bits per heavy atom. The zero-order valence-electron chi connectivity index (χ0n) is 19.1. The Balaban J connectivity index is 2.47. The van der Waals surface area contributed by atoms with Crippen molar-refractivity contribution in [2.45, 2.75) is 26.4 Å². The number of methoxy groups -OCH3 is 1.